The summed E-state index contributed by atoms with van der Waals surface area (Å²) in [6.45, 7) is 4.11. The Kier molecular flexibility index (Phi) is 5.13. The Hall–Kier alpha value is -2.08. The third-order valence-corrected chi connectivity index (χ3v) is 2.43. The molecule has 2 amide bonds. The number of benzene rings is 1. The Balaban J connectivity index is 2.51. The van der Waals surface area contributed by atoms with Gasteiger partial charge in [0.15, 0.2) is 0 Å². The van der Waals surface area contributed by atoms with Gasteiger partial charge in [0.25, 0.3) is 5.91 Å². The van der Waals surface area contributed by atoms with E-state index in [1.165, 1.54) is 6.92 Å². The van der Waals surface area contributed by atoms with E-state index >= 15 is 0 Å². The van der Waals surface area contributed by atoms with Crippen LogP contribution in [0, 0.1) is 6.92 Å². The highest BCUT2D eigenvalue weighted by Crippen LogP contribution is 2.14. The molecule has 0 atom stereocenters. The topological polar surface area (TPSA) is 96.2 Å². The quantitative estimate of drug-likeness (QED) is 0.340. The smallest absolute Gasteiger partial charge is 0.251 e. The molecule has 0 bridgehead atoms. The zero-order valence-electron chi connectivity index (χ0n) is 10.5. The van der Waals surface area contributed by atoms with Crippen molar-refractivity contribution in [2.45, 2.75) is 13.8 Å². The van der Waals surface area contributed by atoms with Crippen molar-refractivity contribution in [3.05, 3.63) is 29.3 Å². The summed E-state index contributed by atoms with van der Waals surface area (Å²) in [5, 5.41) is 5.32. The molecule has 1 rings (SSSR count). The number of carbonyl (C=O) groups is 2. The molecule has 0 fully saturated rings. The molecule has 1 aromatic carbocycles. The molecule has 0 aliphatic heterocycles. The molecule has 0 aliphatic carbocycles. The minimum atomic E-state index is -0.174. The summed E-state index contributed by atoms with van der Waals surface area (Å²) in [6, 6.07) is 5.19. The number of rotatable bonds is 5. The van der Waals surface area contributed by atoms with Crippen LogP contribution in [-0.4, -0.2) is 24.9 Å². The van der Waals surface area contributed by atoms with Crippen molar-refractivity contribution in [3.63, 3.8) is 0 Å². The van der Waals surface area contributed by atoms with Crippen molar-refractivity contribution in [2.24, 2.45) is 5.84 Å². The van der Waals surface area contributed by atoms with Crippen LogP contribution in [0.3, 0.4) is 0 Å². The van der Waals surface area contributed by atoms with Crippen LogP contribution in [0.25, 0.3) is 0 Å². The molecule has 0 radical (unpaired) electrons. The van der Waals surface area contributed by atoms with E-state index in [0.29, 0.717) is 18.7 Å². The first-order valence-electron chi connectivity index (χ1n) is 5.64. The summed E-state index contributed by atoms with van der Waals surface area (Å²) in [7, 11) is 0. The molecule has 5 N–H and O–H groups in total. The normalized spacial score (nSPS) is 9.72. The third-order valence-electron chi connectivity index (χ3n) is 2.43. The van der Waals surface area contributed by atoms with Gasteiger partial charge in [-0.2, -0.15) is 0 Å². The summed E-state index contributed by atoms with van der Waals surface area (Å²) >= 11 is 0. The Morgan fingerprint density at radius 2 is 1.89 bits per heavy atom. The maximum Gasteiger partial charge on any atom is 0.251 e. The number of aryl methyl sites for hydroxylation is 1. The molecular weight excluding hydrogens is 232 g/mol. The highest BCUT2D eigenvalue weighted by Gasteiger charge is 2.06. The minimum absolute atomic E-state index is 0.113. The van der Waals surface area contributed by atoms with Crippen molar-refractivity contribution in [1.29, 1.82) is 0 Å². The standard InChI is InChI=1S/C12H18N4O2/c1-8-7-10(3-4-11(8)16-13)12(18)15-6-5-14-9(2)17/h3-4,7,16H,5-6,13H2,1-2H3,(H,14,17)(H,15,18). The number of nitrogens with one attached hydrogen (secondary N) is 3. The van der Waals surface area contributed by atoms with Gasteiger partial charge in [-0.05, 0) is 30.7 Å². The van der Waals surface area contributed by atoms with Crippen LogP contribution in [0.2, 0.25) is 0 Å². The lowest BCUT2D eigenvalue weighted by atomic mass is 10.1. The van der Waals surface area contributed by atoms with E-state index in [1.807, 2.05) is 6.92 Å². The van der Waals surface area contributed by atoms with Gasteiger partial charge in [0.05, 0.1) is 5.69 Å². The number of nitrogen functional groups attached to an aromatic ring is 1. The van der Waals surface area contributed by atoms with Crippen LogP contribution in [0.5, 0.6) is 0 Å². The fraction of sp³-hybridized carbons (Fsp3) is 0.333. The maximum absolute atomic E-state index is 11.8. The van der Waals surface area contributed by atoms with Crippen molar-refractivity contribution >= 4 is 17.5 Å². The lowest BCUT2D eigenvalue weighted by Gasteiger charge is -2.09. The van der Waals surface area contributed by atoms with Crippen molar-refractivity contribution in [2.75, 3.05) is 18.5 Å². The first-order chi connectivity index (χ1) is 8.54. The Bertz CT molecular complexity index is 446. The summed E-state index contributed by atoms with van der Waals surface area (Å²) in [6.07, 6.45) is 0. The molecule has 18 heavy (non-hydrogen) atoms. The molecule has 0 aromatic heterocycles. The van der Waals surface area contributed by atoms with Crippen molar-refractivity contribution in [3.8, 4) is 0 Å². The molecule has 0 unspecified atom stereocenters. The second kappa shape index (κ2) is 6.61. The fourth-order valence-corrected chi connectivity index (χ4v) is 1.48. The predicted octanol–water partition coefficient (Wildman–Crippen LogP) is 0.147. The number of anilines is 1. The molecule has 6 nitrogen and oxygen atoms in total. The second-order valence-corrected chi connectivity index (χ2v) is 3.91. The number of hydrogen-bond donors (Lipinski definition) is 4. The monoisotopic (exact) mass is 250 g/mol. The number of hydrogen-bond acceptors (Lipinski definition) is 4. The van der Waals surface area contributed by atoms with E-state index < -0.39 is 0 Å². The summed E-state index contributed by atoms with van der Waals surface area (Å²) in [5.74, 6) is 5.03. The average Bonchev–Trinajstić information content (AvgIpc) is 2.34. The van der Waals surface area contributed by atoms with Crippen molar-refractivity contribution < 1.29 is 9.59 Å². The zero-order valence-corrected chi connectivity index (χ0v) is 10.5. The SMILES string of the molecule is CC(=O)NCCNC(=O)c1ccc(NN)c(C)c1. The Labute approximate surface area is 106 Å². The molecule has 6 heteroatoms. The average molecular weight is 250 g/mol. The van der Waals surface area contributed by atoms with E-state index in [0.717, 1.165) is 11.3 Å². The molecular formula is C12H18N4O2. The third kappa shape index (κ3) is 4.06. The lowest BCUT2D eigenvalue weighted by molar-refractivity contribution is -0.118. The van der Waals surface area contributed by atoms with Gasteiger partial charge in [0, 0.05) is 25.6 Å². The molecule has 0 heterocycles. The summed E-state index contributed by atoms with van der Waals surface area (Å²) in [5.41, 5.74) is 4.79. The molecule has 0 saturated heterocycles. The van der Waals surface area contributed by atoms with E-state index in [2.05, 4.69) is 16.1 Å². The van der Waals surface area contributed by atoms with Gasteiger partial charge in [-0.25, -0.2) is 0 Å². The first kappa shape index (κ1) is 14.0. The molecule has 1 aromatic rings. The number of nitrogens with two attached hydrogens (primary N) is 1. The van der Waals surface area contributed by atoms with Crippen LogP contribution in [0.4, 0.5) is 5.69 Å². The van der Waals surface area contributed by atoms with E-state index in [-0.39, 0.29) is 11.8 Å². The number of amides is 2. The number of carbonyl (C=O) groups excluding carboxylic acids is 2. The van der Waals surface area contributed by atoms with Gasteiger partial charge >= 0.3 is 0 Å². The minimum Gasteiger partial charge on any atom is -0.355 e. The zero-order chi connectivity index (χ0) is 13.5. The number of hydrazine groups is 1. The molecule has 0 saturated carbocycles. The van der Waals surface area contributed by atoms with Gasteiger partial charge in [0.2, 0.25) is 5.91 Å². The Morgan fingerprint density at radius 3 is 2.44 bits per heavy atom. The van der Waals surface area contributed by atoms with Gasteiger partial charge in [-0.15, -0.1) is 0 Å². The highest BCUT2D eigenvalue weighted by molar-refractivity contribution is 5.94. The summed E-state index contributed by atoms with van der Waals surface area (Å²) < 4.78 is 0. The fourth-order valence-electron chi connectivity index (χ4n) is 1.48. The second-order valence-electron chi connectivity index (χ2n) is 3.91. The van der Waals surface area contributed by atoms with E-state index in [4.69, 9.17) is 5.84 Å². The van der Waals surface area contributed by atoms with Crippen LogP contribution in [0.1, 0.15) is 22.8 Å². The van der Waals surface area contributed by atoms with Crippen LogP contribution < -0.4 is 21.9 Å². The first-order valence-corrected chi connectivity index (χ1v) is 5.64. The van der Waals surface area contributed by atoms with Crippen molar-refractivity contribution in [1.82, 2.24) is 10.6 Å². The Morgan fingerprint density at radius 1 is 1.22 bits per heavy atom. The predicted molar refractivity (Wildman–Crippen MR) is 70.0 cm³/mol. The van der Waals surface area contributed by atoms with Gasteiger partial charge in [-0.3, -0.25) is 15.4 Å². The van der Waals surface area contributed by atoms with Gasteiger partial charge in [0.1, 0.15) is 0 Å². The maximum atomic E-state index is 11.8. The van der Waals surface area contributed by atoms with Gasteiger partial charge < -0.3 is 16.1 Å². The van der Waals surface area contributed by atoms with E-state index in [9.17, 15) is 9.59 Å². The van der Waals surface area contributed by atoms with Crippen LogP contribution >= 0.6 is 0 Å². The van der Waals surface area contributed by atoms with E-state index in [1.54, 1.807) is 18.2 Å². The molecule has 0 spiro atoms. The molecule has 98 valence electrons. The highest BCUT2D eigenvalue weighted by atomic mass is 16.2. The van der Waals surface area contributed by atoms with Crippen LogP contribution in [0.15, 0.2) is 18.2 Å². The van der Waals surface area contributed by atoms with Gasteiger partial charge in [-0.1, -0.05) is 0 Å². The molecule has 0 aliphatic rings. The van der Waals surface area contributed by atoms with Crippen LogP contribution in [-0.2, 0) is 4.79 Å². The lowest BCUT2D eigenvalue weighted by Crippen LogP contribution is -2.33. The summed E-state index contributed by atoms with van der Waals surface area (Å²) in [4.78, 5) is 22.4. The largest absolute Gasteiger partial charge is 0.355 e.